The monoisotopic (exact) mass is 224 g/mol. The molecule has 1 aromatic rings. The third-order valence-electron chi connectivity index (χ3n) is 3.54. The summed E-state index contributed by atoms with van der Waals surface area (Å²) in [6, 6.07) is 3.81. The van der Waals surface area contributed by atoms with Crippen LogP contribution in [0.25, 0.3) is 0 Å². The van der Waals surface area contributed by atoms with E-state index in [-0.39, 0.29) is 0 Å². The van der Waals surface area contributed by atoms with Gasteiger partial charge in [0.1, 0.15) is 5.82 Å². The number of hydrogen-bond acceptors (Lipinski definition) is 2. The van der Waals surface area contributed by atoms with Crippen molar-refractivity contribution in [3.63, 3.8) is 0 Å². The van der Waals surface area contributed by atoms with Crippen molar-refractivity contribution in [2.24, 2.45) is 5.41 Å². The van der Waals surface area contributed by atoms with E-state index in [2.05, 4.69) is 17.2 Å². The minimum atomic E-state index is 0.529. The minimum absolute atomic E-state index is 0.529. The lowest BCUT2D eigenvalue weighted by Gasteiger charge is -2.41. The summed E-state index contributed by atoms with van der Waals surface area (Å²) in [5.41, 5.74) is 0.529. The number of nitrogens with one attached hydrogen (secondary N) is 1. The fraction of sp³-hybridized carbons (Fsp3) is 0.583. The Balaban J connectivity index is 1.90. The van der Waals surface area contributed by atoms with E-state index in [1.165, 1.54) is 25.7 Å². The second kappa shape index (κ2) is 4.40. The molecule has 2 nitrogen and oxygen atoms in total. The number of pyridine rings is 1. The molecule has 1 aromatic heterocycles. The molecule has 3 heteroatoms. The van der Waals surface area contributed by atoms with Crippen molar-refractivity contribution in [1.82, 2.24) is 4.98 Å². The molecule has 82 valence electrons. The van der Waals surface area contributed by atoms with Crippen molar-refractivity contribution in [3.8, 4) is 0 Å². The van der Waals surface area contributed by atoms with E-state index in [9.17, 15) is 0 Å². The van der Waals surface area contributed by atoms with E-state index in [0.29, 0.717) is 10.4 Å². The second-order valence-corrected chi connectivity index (χ2v) is 4.86. The van der Waals surface area contributed by atoms with Crippen molar-refractivity contribution < 1.29 is 0 Å². The maximum absolute atomic E-state index is 5.78. The van der Waals surface area contributed by atoms with Gasteiger partial charge < -0.3 is 5.32 Å². The summed E-state index contributed by atoms with van der Waals surface area (Å²) in [6.07, 6.45) is 7.02. The maximum Gasteiger partial charge on any atom is 0.126 e. The van der Waals surface area contributed by atoms with E-state index < -0.39 is 0 Å². The summed E-state index contributed by atoms with van der Waals surface area (Å²) < 4.78 is 0. The number of halogens is 1. The SMILES string of the molecule is CCC1(CNc2ccc(Cl)cn2)CCC1. The summed E-state index contributed by atoms with van der Waals surface area (Å²) in [4.78, 5) is 4.23. The first-order chi connectivity index (χ1) is 7.24. The molecule has 0 aromatic carbocycles. The van der Waals surface area contributed by atoms with Gasteiger partial charge in [0.25, 0.3) is 0 Å². The number of nitrogens with zero attached hydrogens (tertiary/aromatic N) is 1. The molecule has 1 aliphatic carbocycles. The van der Waals surface area contributed by atoms with Gasteiger partial charge in [0.2, 0.25) is 0 Å². The number of aromatic nitrogens is 1. The van der Waals surface area contributed by atoms with Gasteiger partial charge in [-0.05, 0) is 36.8 Å². The maximum atomic E-state index is 5.78. The van der Waals surface area contributed by atoms with Crippen LogP contribution in [0.15, 0.2) is 18.3 Å². The molecular formula is C12H17ClN2. The van der Waals surface area contributed by atoms with E-state index in [0.717, 1.165) is 12.4 Å². The Kier molecular flexibility index (Phi) is 3.15. The molecule has 0 atom stereocenters. The number of anilines is 1. The summed E-state index contributed by atoms with van der Waals surface area (Å²) in [5, 5.41) is 4.09. The lowest BCUT2D eigenvalue weighted by atomic mass is 9.67. The molecule has 1 aliphatic rings. The van der Waals surface area contributed by atoms with Gasteiger partial charge in [-0.1, -0.05) is 24.9 Å². The highest BCUT2D eigenvalue weighted by Gasteiger charge is 2.34. The summed E-state index contributed by atoms with van der Waals surface area (Å²) in [7, 11) is 0. The van der Waals surface area contributed by atoms with Crippen molar-refractivity contribution in [2.75, 3.05) is 11.9 Å². The first-order valence-electron chi connectivity index (χ1n) is 5.60. The molecule has 15 heavy (non-hydrogen) atoms. The van der Waals surface area contributed by atoms with Crippen LogP contribution >= 0.6 is 11.6 Å². The van der Waals surface area contributed by atoms with Gasteiger partial charge in [-0.3, -0.25) is 0 Å². The van der Waals surface area contributed by atoms with Crippen LogP contribution in [-0.4, -0.2) is 11.5 Å². The molecule has 0 bridgehead atoms. The van der Waals surface area contributed by atoms with E-state index in [4.69, 9.17) is 11.6 Å². The summed E-state index contributed by atoms with van der Waals surface area (Å²) >= 11 is 5.78. The highest BCUT2D eigenvalue weighted by molar-refractivity contribution is 6.30. The van der Waals surface area contributed by atoms with Crippen LogP contribution in [0.4, 0.5) is 5.82 Å². The lowest BCUT2D eigenvalue weighted by Crippen LogP contribution is -2.35. The average Bonchev–Trinajstić information content (AvgIpc) is 2.20. The van der Waals surface area contributed by atoms with Gasteiger partial charge in [0.05, 0.1) is 5.02 Å². The highest BCUT2D eigenvalue weighted by atomic mass is 35.5. The van der Waals surface area contributed by atoms with Crippen LogP contribution < -0.4 is 5.32 Å². The van der Waals surface area contributed by atoms with Crippen molar-refractivity contribution in [2.45, 2.75) is 32.6 Å². The third kappa shape index (κ3) is 2.43. The van der Waals surface area contributed by atoms with E-state index in [1.807, 2.05) is 12.1 Å². The molecule has 0 unspecified atom stereocenters. The Morgan fingerprint density at radius 2 is 2.27 bits per heavy atom. The molecule has 0 amide bonds. The average molecular weight is 225 g/mol. The van der Waals surface area contributed by atoms with Gasteiger partial charge >= 0.3 is 0 Å². The van der Waals surface area contributed by atoms with Crippen LogP contribution in [0.5, 0.6) is 0 Å². The Hall–Kier alpha value is -0.760. The molecule has 2 rings (SSSR count). The summed E-state index contributed by atoms with van der Waals surface area (Å²) in [6.45, 7) is 3.31. The van der Waals surface area contributed by atoms with Crippen LogP contribution in [0, 0.1) is 5.41 Å². The van der Waals surface area contributed by atoms with Crippen LogP contribution in [0.2, 0.25) is 5.02 Å². The van der Waals surface area contributed by atoms with Gasteiger partial charge in [0.15, 0.2) is 0 Å². The van der Waals surface area contributed by atoms with Crippen LogP contribution in [0.3, 0.4) is 0 Å². The highest BCUT2D eigenvalue weighted by Crippen LogP contribution is 2.43. The summed E-state index contributed by atoms with van der Waals surface area (Å²) in [5.74, 6) is 0.930. The standard InChI is InChI=1S/C12H17ClN2/c1-2-12(6-3-7-12)9-15-11-5-4-10(13)8-14-11/h4-5,8H,2-3,6-7,9H2,1H3,(H,14,15). The molecule has 0 radical (unpaired) electrons. The van der Waals surface area contributed by atoms with Crippen molar-refractivity contribution in [1.29, 1.82) is 0 Å². The molecule has 1 N–H and O–H groups in total. The Labute approximate surface area is 96.1 Å². The molecule has 0 saturated heterocycles. The topological polar surface area (TPSA) is 24.9 Å². The molecule has 1 heterocycles. The fourth-order valence-corrected chi connectivity index (χ4v) is 2.20. The molecule has 1 fully saturated rings. The third-order valence-corrected chi connectivity index (χ3v) is 3.76. The van der Waals surface area contributed by atoms with E-state index in [1.54, 1.807) is 6.20 Å². The Morgan fingerprint density at radius 3 is 2.73 bits per heavy atom. The molecule has 0 spiro atoms. The predicted octanol–water partition coefficient (Wildman–Crippen LogP) is 3.73. The van der Waals surface area contributed by atoms with Crippen LogP contribution in [-0.2, 0) is 0 Å². The molecule has 1 saturated carbocycles. The van der Waals surface area contributed by atoms with E-state index >= 15 is 0 Å². The number of hydrogen-bond donors (Lipinski definition) is 1. The number of rotatable bonds is 4. The van der Waals surface area contributed by atoms with Gasteiger partial charge in [0, 0.05) is 12.7 Å². The predicted molar refractivity (Wildman–Crippen MR) is 64.3 cm³/mol. The van der Waals surface area contributed by atoms with Gasteiger partial charge in [-0.15, -0.1) is 0 Å². The lowest BCUT2D eigenvalue weighted by molar-refractivity contribution is 0.145. The zero-order valence-corrected chi connectivity index (χ0v) is 9.85. The molecular weight excluding hydrogens is 208 g/mol. The first-order valence-corrected chi connectivity index (χ1v) is 5.97. The first kappa shape index (κ1) is 10.7. The molecule has 0 aliphatic heterocycles. The quantitative estimate of drug-likeness (QED) is 0.843. The largest absolute Gasteiger partial charge is 0.370 e. The second-order valence-electron chi connectivity index (χ2n) is 4.42. The van der Waals surface area contributed by atoms with Crippen molar-refractivity contribution >= 4 is 17.4 Å². The minimum Gasteiger partial charge on any atom is -0.370 e. The Bertz CT molecular complexity index is 311. The van der Waals surface area contributed by atoms with Crippen molar-refractivity contribution in [3.05, 3.63) is 23.4 Å². The zero-order valence-electron chi connectivity index (χ0n) is 9.09. The smallest absolute Gasteiger partial charge is 0.126 e. The fourth-order valence-electron chi connectivity index (χ4n) is 2.09. The zero-order chi connectivity index (χ0) is 10.7. The Morgan fingerprint density at radius 1 is 1.47 bits per heavy atom. The van der Waals surface area contributed by atoms with Crippen LogP contribution in [0.1, 0.15) is 32.6 Å². The van der Waals surface area contributed by atoms with Gasteiger partial charge in [-0.2, -0.15) is 0 Å². The van der Waals surface area contributed by atoms with Gasteiger partial charge in [-0.25, -0.2) is 4.98 Å². The normalized spacial score (nSPS) is 18.3.